The summed E-state index contributed by atoms with van der Waals surface area (Å²) in [7, 11) is 0. The Balaban J connectivity index is 1.19. The lowest BCUT2D eigenvalue weighted by atomic mass is 9.67. The Hall–Kier alpha value is -7.13. The first-order valence-corrected chi connectivity index (χ1v) is 25.4. The van der Waals surface area contributed by atoms with E-state index >= 15 is 0 Å². The smallest absolute Gasteiger partial charge is 0.0784 e. The molecule has 2 heteroatoms. The first kappa shape index (κ1) is 43.4. The molecule has 0 radical (unpaired) electrons. The third-order valence-electron chi connectivity index (χ3n) is 15.1. The average molecular weight is 896 g/mol. The second-order valence-corrected chi connectivity index (χ2v) is 19.8. The summed E-state index contributed by atoms with van der Waals surface area (Å²) >= 11 is 1.91. The molecule has 1 heterocycles. The van der Waals surface area contributed by atoms with Crippen molar-refractivity contribution < 1.29 is 0 Å². The molecule has 0 spiro atoms. The number of rotatable bonds is 13. The first-order valence-electron chi connectivity index (χ1n) is 24.6. The van der Waals surface area contributed by atoms with Crippen molar-refractivity contribution in [1.82, 2.24) is 0 Å². The third-order valence-corrected chi connectivity index (χ3v) is 16.3. The van der Waals surface area contributed by atoms with Crippen molar-refractivity contribution in [2.24, 2.45) is 16.8 Å². The monoisotopic (exact) mass is 895 g/mol. The van der Waals surface area contributed by atoms with Crippen LogP contribution in [0, 0.1) is 11.8 Å². The highest BCUT2D eigenvalue weighted by molar-refractivity contribution is 7.26. The van der Waals surface area contributed by atoms with E-state index in [1.807, 2.05) is 11.3 Å². The Kier molecular flexibility index (Phi) is 11.8. The van der Waals surface area contributed by atoms with Gasteiger partial charge in [0, 0.05) is 31.8 Å². The van der Waals surface area contributed by atoms with E-state index in [-0.39, 0.29) is 23.8 Å². The predicted molar refractivity (Wildman–Crippen MR) is 291 cm³/mol. The Morgan fingerprint density at radius 3 is 1.74 bits per heavy atom. The molecule has 4 unspecified atom stereocenters. The minimum Gasteiger partial charge on any atom is -0.280 e. The van der Waals surface area contributed by atoms with Crippen molar-refractivity contribution in [3.8, 4) is 33.4 Å². The molecule has 1 aliphatic carbocycles. The third kappa shape index (κ3) is 7.43. The van der Waals surface area contributed by atoms with Gasteiger partial charge in [0.1, 0.15) is 0 Å². The van der Waals surface area contributed by atoms with Gasteiger partial charge in [0.05, 0.1) is 11.5 Å². The summed E-state index contributed by atoms with van der Waals surface area (Å²) in [6, 6.07) is 83.6. The number of hydrogen-bond acceptors (Lipinski definition) is 2. The zero-order valence-electron chi connectivity index (χ0n) is 39.4. The van der Waals surface area contributed by atoms with E-state index in [1.165, 1.54) is 98.2 Å². The van der Waals surface area contributed by atoms with Crippen molar-refractivity contribution in [3.63, 3.8) is 0 Å². The molecule has 0 aliphatic heterocycles. The maximum Gasteiger partial charge on any atom is 0.0784 e. The minimum atomic E-state index is -0.538. The molecule has 0 amide bonds. The molecule has 9 aromatic carbocycles. The summed E-state index contributed by atoms with van der Waals surface area (Å²) in [6.45, 7) is 9.54. The normalized spacial score (nSPS) is 14.9. The summed E-state index contributed by atoms with van der Waals surface area (Å²) in [5.41, 5.74) is 17.3. The van der Waals surface area contributed by atoms with Crippen LogP contribution in [-0.4, -0.2) is 5.71 Å². The van der Waals surface area contributed by atoms with Crippen LogP contribution < -0.4 is 0 Å². The van der Waals surface area contributed by atoms with Gasteiger partial charge in [-0.2, -0.15) is 0 Å². The number of benzene rings is 9. The number of nitrogens with zero attached hydrogens (tertiary/aromatic N) is 1. The molecule has 0 bridgehead atoms. The fraction of sp³-hybridized carbons (Fsp3) is 0.167. The number of thiophene rings is 1. The van der Waals surface area contributed by atoms with Gasteiger partial charge in [-0.1, -0.05) is 246 Å². The highest BCUT2D eigenvalue weighted by Gasteiger charge is 2.47. The van der Waals surface area contributed by atoms with Crippen molar-refractivity contribution in [1.29, 1.82) is 0 Å². The topological polar surface area (TPSA) is 12.4 Å². The van der Waals surface area contributed by atoms with Crippen LogP contribution in [0.4, 0.5) is 0 Å². The molecule has 10 aromatic rings. The molecule has 0 saturated heterocycles. The van der Waals surface area contributed by atoms with Crippen molar-refractivity contribution in [3.05, 3.63) is 263 Å². The lowest BCUT2D eigenvalue weighted by Crippen LogP contribution is -2.29. The lowest BCUT2D eigenvalue weighted by Gasteiger charge is -2.35. The van der Waals surface area contributed by atoms with E-state index in [0.717, 1.165) is 12.8 Å². The molecule has 1 nitrogen and oxygen atoms in total. The highest BCUT2D eigenvalue weighted by Crippen LogP contribution is 2.58. The largest absolute Gasteiger partial charge is 0.280 e. The summed E-state index contributed by atoms with van der Waals surface area (Å²) in [4.78, 5) is 6.27. The van der Waals surface area contributed by atoms with Gasteiger partial charge >= 0.3 is 0 Å². The molecule has 0 fully saturated rings. The van der Waals surface area contributed by atoms with Gasteiger partial charge in [-0.3, -0.25) is 4.99 Å². The molecule has 332 valence electrons. The average Bonchev–Trinajstić information content (AvgIpc) is 3.94. The highest BCUT2D eigenvalue weighted by atomic mass is 32.1. The molecule has 0 N–H and O–H groups in total. The Morgan fingerprint density at radius 1 is 0.485 bits per heavy atom. The van der Waals surface area contributed by atoms with Crippen molar-refractivity contribution in [2.45, 2.75) is 57.9 Å². The number of fused-ring (bicyclic) bond motifs is 6. The lowest BCUT2D eigenvalue weighted by molar-refractivity contribution is 0.453. The Labute approximate surface area is 406 Å². The fourth-order valence-electron chi connectivity index (χ4n) is 11.4. The van der Waals surface area contributed by atoms with Gasteiger partial charge in [-0.25, -0.2) is 0 Å². The van der Waals surface area contributed by atoms with Crippen LogP contribution in [0.2, 0.25) is 0 Å². The van der Waals surface area contributed by atoms with E-state index in [0.29, 0.717) is 0 Å². The standard InChI is InChI=1S/C66H57NS/c1-5-44(3)63(67-64(49-26-13-8-14-27-49)52(6-2)45(4)46-38-40-48(41-39-46)47-24-11-7-12-25-47)59-43-61-58(42-57(59)56-35-23-34-55-54-33-20-22-37-62(54)68-65(55)56)53-32-19-21-36-60(53)66(61,50-28-15-9-16-29-50)51-30-17-10-18-31-51/h7-45,52,63H,5-6H2,1-4H3/b67-64-. The van der Waals surface area contributed by atoms with Gasteiger partial charge in [0.25, 0.3) is 0 Å². The van der Waals surface area contributed by atoms with Gasteiger partial charge in [-0.05, 0) is 103 Å². The van der Waals surface area contributed by atoms with Crippen LogP contribution >= 0.6 is 11.3 Å². The quantitative estimate of drug-likeness (QED) is 0.102. The van der Waals surface area contributed by atoms with Gasteiger partial charge in [0.2, 0.25) is 0 Å². The maximum atomic E-state index is 6.27. The molecule has 0 saturated carbocycles. The van der Waals surface area contributed by atoms with Crippen molar-refractivity contribution >= 4 is 37.2 Å². The van der Waals surface area contributed by atoms with Gasteiger partial charge in [-0.15, -0.1) is 11.3 Å². The Bertz CT molecular complexity index is 3350. The summed E-state index contributed by atoms with van der Waals surface area (Å²) in [5, 5.41) is 2.62. The van der Waals surface area contributed by atoms with E-state index in [1.54, 1.807) is 0 Å². The fourth-order valence-corrected chi connectivity index (χ4v) is 12.7. The summed E-state index contributed by atoms with van der Waals surface area (Å²) in [5.74, 6) is 0.635. The zero-order valence-corrected chi connectivity index (χ0v) is 40.3. The molecular weight excluding hydrogens is 839 g/mol. The van der Waals surface area contributed by atoms with Crippen molar-refractivity contribution in [2.75, 3.05) is 0 Å². The van der Waals surface area contributed by atoms with Crippen LogP contribution in [-0.2, 0) is 5.41 Å². The summed E-state index contributed by atoms with van der Waals surface area (Å²) in [6.07, 6.45) is 1.94. The van der Waals surface area contributed by atoms with E-state index in [9.17, 15) is 0 Å². The minimum absolute atomic E-state index is 0.144. The van der Waals surface area contributed by atoms with Gasteiger partial charge < -0.3 is 0 Å². The molecule has 4 atom stereocenters. The number of aliphatic imine (C=N–C) groups is 1. The van der Waals surface area contributed by atoms with Crippen LogP contribution in [0.5, 0.6) is 0 Å². The first-order chi connectivity index (χ1) is 33.5. The Morgan fingerprint density at radius 2 is 1.06 bits per heavy atom. The van der Waals surface area contributed by atoms with E-state index in [2.05, 4.69) is 252 Å². The zero-order chi connectivity index (χ0) is 46.2. The van der Waals surface area contributed by atoms with Crippen LogP contribution in [0.15, 0.2) is 229 Å². The predicted octanol–water partition coefficient (Wildman–Crippen LogP) is 18.2. The molecule has 11 rings (SSSR count). The summed E-state index contributed by atoms with van der Waals surface area (Å²) < 4.78 is 2.64. The molecular formula is C66H57NS. The van der Waals surface area contributed by atoms with E-state index in [4.69, 9.17) is 4.99 Å². The SMILES string of the molecule is CCC(C)C(/N=C(/c1ccccc1)C(CC)C(C)c1ccc(-c2ccccc2)cc1)c1cc2c(cc1-c1cccc3c1sc1ccccc13)-c1ccccc1C2(c1ccccc1)c1ccccc1. The van der Waals surface area contributed by atoms with Crippen LogP contribution in [0.1, 0.15) is 91.4 Å². The number of hydrogen-bond donors (Lipinski definition) is 0. The molecule has 1 aliphatic rings. The molecule has 1 aromatic heterocycles. The van der Waals surface area contributed by atoms with E-state index < -0.39 is 5.41 Å². The van der Waals surface area contributed by atoms with Gasteiger partial charge in [0.15, 0.2) is 0 Å². The second kappa shape index (κ2) is 18.5. The maximum absolute atomic E-state index is 6.27. The van der Waals surface area contributed by atoms with Crippen LogP contribution in [0.3, 0.4) is 0 Å². The second-order valence-electron chi connectivity index (χ2n) is 18.8. The van der Waals surface area contributed by atoms with Crippen LogP contribution in [0.25, 0.3) is 53.6 Å². The molecule has 68 heavy (non-hydrogen) atoms.